The van der Waals surface area contributed by atoms with Crippen molar-refractivity contribution in [2.45, 2.75) is 0 Å². The van der Waals surface area contributed by atoms with E-state index in [0.717, 1.165) is 24.4 Å². The number of nitrogens with two attached hydrogens (primary N) is 2. The van der Waals surface area contributed by atoms with Crippen molar-refractivity contribution >= 4 is 24.6 Å². The van der Waals surface area contributed by atoms with E-state index in [9.17, 15) is 8.78 Å². The lowest BCUT2D eigenvalue weighted by molar-refractivity contribution is 0.583. The molecular formula is C8H9ClF2N4. The molecule has 1 aromatic rings. The van der Waals surface area contributed by atoms with Crippen LogP contribution in [0, 0.1) is 11.6 Å². The van der Waals surface area contributed by atoms with Crippen molar-refractivity contribution in [2.75, 3.05) is 0 Å². The van der Waals surface area contributed by atoms with Gasteiger partial charge in [-0.05, 0) is 12.1 Å². The van der Waals surface area contributed by atoms with Gasteiger partial charge in [0.15, 0.2) is 0 Å². The maximum Gasteiger partial charge on any atom is 0.211 e. The first-order valence-electron chi connectivity index (χ1n) is 3.66. The summed E-state index contributed by atoms with van der Waals surface area (Å²) in [6.45, 7) is 0. The quantitative estimate of drug-likeness (QED) is 0.455. The lowest BCUT2D eigenvalue weighted by atomic mass is 10.2. The highest BCUT2D eigenvalue weighted by Crippen LogP contribution is 2.05. The zero-order valence-corrected chi connectivity index (χ0v) is 8.34. The number of rotatable bonds is 2. The smallest absolute Gasteiger partial charge is 0.211 e. The van der Waals surface area contributed by atoms with Crippen LogP contribution in [0.15, 0.2) is 28.4 Å². The van der Waals surface area contributed by atoms with Gasteiger partial charge in [0, 0.05) is 11.6 Å². The molecule has 4 nitrogen and oxygen atoms in total. The summed E-state index contributed by atoms with van der Waals surface area (Å²) in [6.07, 6.45) is 1.14. The van der Waals surface area contributed by atoms with E-state index in [2.05, 4.69) is 10.2 Å². The van der Waals surface area contributed by atoms with Crippen molar-refractivity contribution in [3.63, 3.8) is 0 Å². The van der Waals surface area contributed by atoms with Crippen molar-refractivity contribution in [3.8, 4) is 0 Å². The minimum Gasteiger partial charge on any atom is -0.369 e. The van der Waals surface area contributed by atoms with Gasteiger partial charge in [-0.3, -0.25) is 0 Å². The first kappa shape index (κ1) is 13.3. The van der Waals surface area contributed by atoms with E-state index >= 15 is 0 Å². The number of nitrogens with zero attached hydrogens (tertiary/aromatic N) is 2. The Kier molecular flexibility index (Phi) is 5.25. The Morgan fingerprint density at radius 3 is 2.13 bits per heavy atom. The Labute approximate surface area is 91.1 Å². The molecule has 0 fully saturated rings. The fraction of sp³-hybridized carbons (Fsp3) is 0. The molecule has 4 N–H and O–H groups in total. The summed E-state index contributed by atoms with van der Waals surface area (Å²) in [5.74, 6) is -1.59. The molecule has 0 atom stereocenters. The molecule has 0 radical (unpaired) electrons. The average molecular weight is 235 g/mol. The summed E-state index contributed by atoms with van der Waals surface area (Å²) in [7, 11) is 0. The van der Waals surface area contributed by atoms with Crippen LogP contribution < -0.4 is 11.5 Å². The van der Waals surface area contributed by atoms with Crippen LogP contribution in [0.25, 0.3) is 0 Å². The topological polar surface area (TPSA) is 76.8 Å². The van der Waals surface area contributed by atoms with E-state index in [1.807, 2.05) is 0 Å². The molecule has 0 aliphatic carbocycles. The van der Waals surface area contributed by atoms with E-state index in [-0.39, 0.29) is 23.9 Å². The van der Waals surface area contributed by atoms with Gasteiger partial charge in [0.05, 0.1) is 6.21 Å². The molecule has 0 spiro atoms. The van der Waals surface area contributed by atoms with Crippen molar-refractivity contribution in [1.82, 2.24) is 0 Å². The van der Waals surface area contributed by atoms with Crippen molar-refractivity contribution < 1.29 is 8.78 Å². The molecule has 0 saturated heterocycles. The number of halogens is 3. The van der Waals surface area contributed by atoms with Gasteiger partial charge >= 0.3 is 0 Å². The second kappa shape index (κ2) is 5.92. The molecule has 0 unspecified atom stereocenters. The summed E-state index contributed by atoms with van der Waals surface area (Å²) in [5, 5.41) is 6.68. The Morgan fingerprint density at radius 1 is 1.13 bits per heavy atom. The van der Waals surface area contributed by atoms with Gasteiger partial charge < -0.3 is 11.5 Å². The van der Waals surface area contributed by atoms with Gasteiger partial charge in [0.2, 0.25) is 5.96 Å². The Hall–Kier alpha value is -1.69. The van der Waals surface area contributed by atoms with Gasteiger partial charge in [0.25, 0.3) is 0 Å². The van der Waals surface area contributed by atoms with Crippen LogP contribution in [-0.2, 0) is 0 Å². The highest BCUT2D eigenvalue weighted by atomic mass is 35.5. The molecule has 0 heterocycles. The molecule has 82 valence electrons. The van der Waals surface area contributed by atoms with Crippen LogP contribution >= 0.6 is 12.4 Å². The predicted octanol–water partition coefficient (Wildman–Crippen LogP) is 0.994. The molecule has 0 aromatic heterocycles. The van der Waals surface area contributed by atoms with Gasteiger partial charge in [-0.25, -0.2) is 8.78 Å². The largest absolute Gasteiger partial charge is 0.369 e. The van der Waals surface area contributed by atoms with Crippen LogP contribution in [0.2, 0.25) is 0 Å². The maximum atomic E-state index is 12.6. The van der Waals surface area contributed by atoms with Crippen LogP contribution in [0.4, 0.5) is 8.78 Å². The fourth-order valence-electron chi connectivity index (χ4n) is 0.812. The number of benzene rings is 1. The maximum absolute atomic E-state index is 12.6. The molecule has 0 amide bonds. The standard InChI is InChI=1S/C8H8F2N4.ClH/c9-6-1-5(2-7(10)3-6)4-13-14-8(11)12;/h1-4H,(H4,11,12,14);1H/b13-4+;. The molecule has 0 bridgehead atoms. The SMILES string of the molecule is Cl.NC(N)=N/N=C/c1cc(F)cc(F)c1. The van der Waals surface area contributed by atoms with E-state index in [1.165, 1.54) is 0 Å². The third-order valence-electron chi connectivity index (χ3n) is 1.26. The summed E-state index contributed by atoms with van der Waals surface area (Å²) >= 11 is 0. The summed E-state index contributed by atoms with van der Waals surface area (Å²) in [5.41, 5.74) is 10.2. The van der Waals surface area contributed by atoms with Crippen LogP contribution in [0.1, 0.15) is 5.56 Å². The lowest BCUT2D eigenvalue weighted by Gasteiger charge is -1.93. The van der Waals surface area contributed by atoms with E-state index in [1.54, 1.807) is 0 Å². The highest BCUT2D eigenvalue weighted by molar-refractivity contribution is 5.85. The summed E-state index contributed by atoms with van der Waals surface area (Å²) in [4.78, 5) is 0. The molecule has 0 aliphatic rings. The Balaban J connectivity index is 0.00000196. The Bertz CT molecular complexity index is 368. The van der Waals surface area contributed by atoms with Crippen LogP contribution in [-0.4, -0.2) is 12.2 Å². The number of hydrogen-bond acceptors (Lipinski definition) is 2. The second-order valence-electron chi connectivity index (χ2n) is 2.47. The molecule has 15 heavy (non-hydrogen) atoms. The average Bonchev–Trinajstić information content (AvgIpc) is 2.01. The van der Waals surface area contributed by atoms with E-state index < -0.39 is 11.6 Å². The van der Waals surface area contributed by atoms with Crippen molar-refractivity contribution in [3.05, 3.63) is 35.4 Å². The fourth-order valence-corrected chi connectivity index (χ4v) is 0.812. The monoisotopic (exact) mass is 234 g/mol. The number of guanidine groups is 1. The van der Waals surface area contributed by atoms with E-state index in [0.29, 0.717) is 0 Å². The third kappa shape index (κ3) is 4.92. The highest BCUT2D eigenvalue weighted by Gasteiger charge is 1.97. The second-order valence-corrected chi connectivity index (χ2v) is 2.47. The third-order valence-corrected chi connectivity index (χ3v) is 1.26. The minimum absolute atomic E-state index is 0. The summed E-state index contributed by atoms with van der Waals surface area (Å²) < 4.78 is 25.3. The minimum atomic E-state index is -0.684. The Morgan fingerprint density at radius 2 is 1.67 bits per heavy atom. The zero-order chi connectivity index (χ0) is 10.6. The van der Waals surface area contributed by atoms with Gasteiger partial charge in [-0.15, -0.1) is 17.5 Å². The molecule has 0 saturated carbocycles. The predicted molar refractivity (Wildman–Crippen MR) is 57.0 cm³/mol. The summed E-state index contributed by atoms with van der Waals surface area (Å²) in [6, 6.07) is 2.97. The molecule has 7 heteroatoms. The molecule has 1 aromatic carbocycles. The number of hydrogen-bond donors (Lipinski definition) is 2. The van der Waals surface area contributed by atoms with Crippen LogP contribution in [0.5, 0.6) is 0 Å². The lowest BCUT2D eigenvalue weighted by Crippen LogP contribution is -2.21. The normalized spacial score (nSPS) is 9.73. The van der Waals surface area contributed by atoms with Gasteiger partial charge in [-0.2, -0.15) is 5.10 Å². The molecule has 1 rings (SSSR count). The van der Waals surface area contributed by atoms with Gasteiger partial charge in [-0.1, -0.05) is 0 Å². The first-order valence-corrected chi connectivity index (χ1v) is 3.66. The first-order chi connectivity index (χ1) is 6.58. The zero-order valence-electron chi connectivity index (χ0n) is 7.52. The molecule has 0 aliphatic heterocycles. The van der Waals surface area contributed by atoms with Crippen molar-refractivity contribution in [1.29, 1.82) is 0 Å². The molecular weight excluding hydrogens is 226 g/mol. The van der Waals surface area contributed by atoms with Gasteiger partial charge in [0.1, 0.15) is 11.6 Å². The van der Waals surface area contributed by atoms with Crippen molar-refractivity contribution in [2.24, 2.45) is 21.7 Å². The van der Waals surface area contributed by atoms with E-state index in [4.69, 9.17) is 11.5 Å². The van der Waals surface area contributed by atoms with Crippen LogP contribution in [0.3, 0.4) is 0 Å².